The van der Waals surface area contributed by atoms with Crippen LogP contribution in [0.2, 0.25) is 5.15 Å². The maximum absolute atomic E-state index is 11.7. The summed E-state index contributed by atoms with van der Waals surface area (Å²) in [7, 11) is 0. The molecule has 0 radical (unpaired) electrons. The SMILES string of the molecule is O=C(OCCOc1cccc(Br)c1)c1cccnc1Cl. The summed E-state index contributed by atoms with van der Waals surface area (Å²) in [4.78, 5) is 15.5. The Kier molecular flexibility index (Phi) is 5.38. The van der Waals surface area contributed by atoms with Crippen LogP contribution in [0, 0.1) is 0 Å². The van der Waals surface area contributed by atoms with Crippen molar-refractivity contribution in [1.29, 1.82) is 0 Å². The highest BCUT2D eigenvalue weighted by molar-refractivity contribution is 9.10. The number of aromatic nitrogens is 1. The Morgan fingerprint density at radius 3 is 2.85 bits per heavy atom. The summed E-state index contributed by atoms with van der Waals surface area (Å²) in [6, 6.07) is 10.6. The van der Waals surface area contributed by atoms with Gasteiger partial charge in [-0.2, -0.15) is 0 Å². The van der Waals surface area contributed by atoms with Crippen LogP contribution in [0.25, 0.3) is 0 Å². The Morgan fingerprint density at radius 1 is 1.25 bits per heavy atom. The molecular formula is C14H11BrClNO3. The van der Waals surface area contributed by atoms with Crippen LogP contribution < -0.4 is 4.74 Å². The van der Waals surface area contributed by atoms with E-state index in [1.807, 2.05) is 24.3 Å². The minimum atomic E-state index is -0.513. The van der Waals surface area contributed by atoms with Gasteiger partial charge < -0.3 is 9.47 Å². The summed E-state index contributed by atoms with van der Waals surface area (Å²) in [6.07, 6.45) is 1.51. The number of esters is 1. The molecule has 1 aromatic carbocycles. The lowest BCUT2D eigenvalue weighted by atomic mass is 10.3. The Morgan fingerprint density at radius 2 is 2.10 bits per heavy atom. The van der Waals surface area contributed by atoms with Crippen LogP contribution in [0.4, 0.5) is 0 Å². The molecule has 4 nitrogen and oxygen atoms in total. The second-order valence-corrected chi connectivity index (χ2v) is 5.06. The molecule has 0 saturated heterocycles. The molecule has 2 aromatic rings. The van der Waals surface area contributed by atoms with Crippen LogP contribution in [0.15, 0.2) is 47.1 Å². The molecule has 0 amide bonds. The van der Waals surface area contributed by atoms with Gasteiger partial charge in [-0.25, -0.2) is 9.78 Å². The van der Waals surface area contributed by atoms with E-state index in [0.717, 1.165) is 4.47 Å². The number of pyridine rings is 1. The second-order valence-electron chi connectivity index (χ2n) is 3.78. The molecule has 0 atom stereocenters. The Balaban J connectivity index is 1.79. The number of halogens is 2. The molecule has 2 rings (SSSR count). The molecule has 1 heterocycles. The van der Waals surface area contributed by atoms with E-state index in [-0.39, 0.29) is 23.9 Å². The van der Waals surface area contributed by atoms with Crippen molar-refractivity contribution in [3.05, 3.63) is 57.8 Å². The Hall–Kier alpha value is -1.59. The van der Waals surface area contributed by atoms with Crippen LogP contribution >= 0.6 is 27.5 Å². The first kappa shape index (κ1) is 14.8. The standard InChI is InChI=1S/C14H11BrClNO3/c15-10-3-1-4-11(9-10)19-7-8-20-14(18)12-5-2-6-17-13(12)16/h1-6,9H,7-8H2. The third-order valence-electron chi connectivity index (χ3n) is 2.36. The molecule has 0 saturated carbocycles. The normalized spacial score (nSPS) is 10.1. The summed E-state index contributed by atoms with van der Waals surface area (Å²) >= 11 is 9.14. The third-order valence-corrected chi connectivity index (χ3v) is 3.15. The maximum atomic E-state index is 11.7. The van der Waals surface area contributed by atoms with E-state index in [2.05, 4.69) is 20.9 Å². The van der Waals surface area contributed by atoms with Crippen LogP contribution in [-0.4, -0.2) is 24.2 Å². The van der Waals surface area contributed by atoms with Crippen molar-refractivity contribution < 1.29 is 14.3 Å². The van der Waals surface area contributed by atoms with E-state index in [9.17, 15) is 4.79 Å². The van der Waals surface area contributed by atoms with Crippen molar-refractivity contribution in [1.82, 2.24) is 4.98 Å². The van der Waals surface area contributed by atoms with Gasteiger partial charge in [0.2, 0.25) is 0 Å². The highest BCUT2D eigenvalue weighted by Gasteiger charge is 2.11. The van der Waals surface area contributed by atoms with Gasteiger partial charge in [0.05, 0.1) is 5.56 Å². The van der Waals surface area contributed by atoms with Gasteiger partial charge in [-0.1, -0.05) is 33.6 Å². The lowest BCUT2D eigenvalue weighted by molar-refractivity contribution is 0.0450. The van der Waals surface area contributed by atoms with Crippen molar-refractivity contribution >= 4 is 33.5 Å². The van der Waals surface area contributed by atoms with E-state index in [4.69, 9.17) is 21.1 Å². The van der Waals surface area contributed by atoms with E-state index < -0.39 is 5.97 Å². The number of benzene rings is 1. The van der Waals surface area contributed by atoms with Crippen LogP contribution in [0.1, 0.15) is 10.4 Å². The first-order valence-electron chi connectivity index (χ1n) is 5.83. The maximum Gasteiger partial charge on any atom is 0.341 e. The first-order valence-corrected chi connectivity index (χ1v) is 7.00. The van der Waals surface area contributed by atoms with Crippen molar-refractivity contribution in [3.63, 3.8) is 0 Å². The predicted molar refractivity (Wildman–Crippen MR) is 79.2 cm³/mol. The predicted octanol–water partition coefficient (Wildman–Crippen LogP) is 3.73. The molecule has 0 aliphatic heterocycles. The summed E-state index contributed by atoms with van der Waals surface area (Å²) in [5.41, 5.74) is 0.247. The average Bonchev–Trinajstić information content (AvgIpc) is 2.44. The third kappa shape index (κ3) is 4.21. The van der Waals surface area contributed by atoms with Gasteiger partial charge >= 0.3 is 5.97 Å². The average molecular weight is 357 g/mol. The van der Waals surface area contributed by atoms with E-state index in [1.165, 1.54) is 6.20 Å². The topological polar surface area (TPSA) is 48.4 Å². The van der Waals surface area contributed by atoms with Crippen molar-refractivity contribution in [2.24, 2.45) is 0 Å². The molecule has 6 heteroatoms. The summed E-state index contributed by atoms with van der Waals surface area (Å²) in [6.45, 7) is 0.399. The summed E-state index contributed by atoms with van der Waals surface area (Å²) < 4.78 is 11.4. The minimum absolute atomic E-state index is 0.130. The van der Waals surface area contributed by atoms with Crippen molar-refractivity contribution in [3.8, 4) is 5.75 Å². The van der Waals surface area contributed by atoms with Gasteiger partial charge in [0.25, 0.3) is 0 Å². The molecule has 104 valence electrons. The molecule has 1 aromatic heterocycles. The molecular weight excluding hydrogens is 346 g/mol. The molecule has 0 unspecified atom stereocenters. The fraction of sp³-hybridized carbons (Fsp3) is 0.143. The zero-order valence-electron chi connectivity index (χ0n) is 10.4. The molecule has 0 fully saturated rings. The molecule has 0 N–H and O–H groups in total. The second kappa shape index (κ2) is 7.26. The first-order chi connectivity index (χ1) is 9.66. The molecule has 0 aliphatic rings. The molecule has 0 bridgehead atoms. The number of nitrogens with zero attached hydrogens (tertiary/aromatic N) is 1. The van der Waals surface area contributed by atoms with Crippen LogP contribution in [-0.2, 0) is 4.74 Å². The van der Waals surface area contributed by atoms with E-state index in [0.29, 0.717) is 5.75 Å². The Labute approximate surface area is 129 Å². The monoisotopic (exact) mass is 355 g/mol. The summed E-state index contributed by atoms with van der Waals surface area (Å²) in [5.74, 6) is 0.191. The number of carbonyl (C=O) groups is 1. The van der Waals surface area contributed by atoms with Gasteiger partial charge in [0, 0.05) is 10.7 Å². The van der Waals surface area contributed by atoms with Gasteiger partial charge in [0.15, 0.2) is 0 Å². The van der Waals surface area contributed by atoms with E-state index >= 15 is 0 Å². The lowest BCUT2D eigenvalue weighted by Gasteiger charge is -2.08. The summed E-state index contributed by atoms with van der Waals surface area (Å²) in [5, 5.41) is 0.130. The van der Waals surface area contributed by atoms with Crippen LogP contribution in [0.5, 0.6) is 5.75 Å². The minimum Gasteiger partial charge on any atom is -0.490 e. The number of rotatable bonds is 5. The Bertz CT molecular complexity index is 606. The lowest BCUT2D eigenvalue weighted by Crippen LogP contribution is -2.13. The zero-order chi connectivity index (χ0) is 14.4. The smallest absolute Gasteiger partial charge is 0.341 e. The zero-order valence-corrected chi connectivity index (χ0v) is 12.7. The van der Waals surface area contributed by atoms with Gasteiger partial charge in [-0.3, -0.25) is 0 Å². The highest BCUT2D eigenvalue weighted by atomic mass is 79.9. The quantitative estimate of drug-likeness (QED) is 0.465. The van der Waals surface area contributed by atoms with Gasteiger partial charge in [0.1, 0.15) is 24.1 Å². The molecule has 0 aliphatic carbocycles. The van der Waals surface area contributed by atoms with E-state index in [1.54, 1.807) is 12.1 Å². The number of ether oxygens (including phenoxy) is 2. The highest BCUT2D eigenvalue weighted by Crippen LogP contribution is 2.17. The largest absolute Gasteiger partial charge is 0.490 e. The number of carbonyl (C=O) groups excluding carboxylic acids is 1. The fourth-order valence-electron chi connectivity index (χ4n) is 1.47. The number of hydrogen-bond acceptors (Lipinski definition) is 4. The van der Waals surface area contributed by atoms with Crippen molar-refractivity contribution in [2.75, 3.05) is 13.2 Å². The van der Waals surface area contributed by atoms with Crippen LogP contribution in [0.3, 0.4) is 0 Å². The number of hydrogen-bond donors (Lipinski definition) is 0. The molecule has 20 heavy (non-hydrogen) atoms. The van der Waals surface area contributed by atoms with Gasteiger partial charge in [-0.15, -0.1) is 0 Å². The molecule has 0 spiro atoms. The van der Waals surface area contributed by atoms with Crippen molar-refractivity contribution in [2.45, 2.75) is 0 Å². The fourth-order valence-corrected chi connectivity index (χ4v) is 2.04. The van der Waals surface area contributed by atoms with Gasteiger partial charge in [-0.05, 0) is 30.3 Å².